The number of piperidine rings is 1. The molecule has 2 aromatic rings. The molecule has 3 atom stereocenters. The lowest BCUT2D eigenvalue weighted by atomic mass is 9.91. The minimum atomic E-state index is -0.996. The van der Waals surface area contributed by atoms with Gasteiger partial charge in [-0.15, -0.1) is 0 Å². The molecule has 1 aliphatic carbocycles. The van der Waals surface area contributed by atoms with Crippen LogP contribution in [0.2, 0.25) is 0 Å². The molecule has 4 rings (SSSR count). The van der Waals surface area contributed by atoms with E-state index in [0.29, 0.717) is 36.6 Å². The average molecular weight is 548 g/mol. The quantitative estimate of drug-likeness (QED) is 0.306. The van der Waals surface area contributed by atoms with E-state index < -0.39 is 35.7 Å². The summed E-state index contributed by atoms with van der Waals surface area (Å²) < 4.78 is 6.20. The van der Waals surface area contributed by atoms with Crippen molar-refractivity contribution in [2.24, 2.45) is 17.6 Å². The number of carbonyl (C=O) groups is 4. The van der Waals surface area contributed by atoms with Crippen LogP contribution in [0.1, 0.15) is 49.0 Å². The first-order chi connectivity index (χ1) is 16.7. The molecule has 1 aromatic heterocycles. The second-order valence-corrected chi connectivity index (χ2v) is 10.2. The maximum absolute atomic E-state index is 13.2. The fourth-order valence-corrected chi connectivity index (χ4v) is 4.92. The van der Waals surface area contributed by atoms with Gasteiger partial charge < -0.3 is 31.4 Å². The third-order valence-corrected chi connectivity index (χ3v) is 7.05. The molecule has 1 aromatic carbocycles. The molecule has 4 amide bonds. The van der Waals surface area contributed by atoms with Crippen LogP contribution in [0, 0.1) is 11.8 Å². The number of fused-ring (bicyclic) bond motifs is 1. The molecule has 35 heavy (non-hydrogen) atoms. The van der Waals surface area contributed by atoms with Gasteiger partial charge in [0.2, 0.25) is 17.7 Å². The Balaban J connectivity index is 1.47. The summed E-state index contributed by atoms with van der Waals surface area (Å²) in [6, 6.07) is 3.48. The highest BCUT2D eigenvalue weighted by atomic mass is 79.9. The van der Waals surface area contributed by atoms with E-state index in [1.54, 1.807) is 19.2 Å². The van der Waals surface area contributed by atoms with Gasteiger partial charge >= 0.3 is 0 Å². The molecule has 11 heteroatoms. The molecule has 3 unspecified atom stereocenters. The van der Waals surface area contributed by atoms with Crippen LogP contribution in [-0.2, 0) is 14.4 Å². The Morgan fingerprint density at radius 3 is 2.57 bits per heavy atom. The van der Waals surface area contributed by atoms with Gasteiger partial charge in [0.15, 0.2) is 0 Å². The van der Waals surface area contributed by atoms with E-state index in [-0.39, 0.29) is 18.0 Å². The third-order valence-electron chi connectivity index (χ3n) is 6.60. The minimum absolute atomic E-state index is 0.133. The van der Waals surface area contributed by atoms with Crippen LogP contribution in [0.4, 0.5) is 0 Å². The molecule has 2 aliphatic rings. The second-order valence-electron chi connectivity index (χ2n) is 9.29. The van der Waals surface area contributed by atoms with Crippen molar-refractivity contribution in [1.29, 1.82) is 0 Å². The third kappa shape index (κ3) is 6.14. The lowest BCUT2D eigenvalue weighted by molar-refractivity contribution is -0.131. The van der Waals surface area contributed by atoms with Crippen molar-refractivity contribution in [3.63, 3.8) is 0 Å². The number of aromatic amines is 1. The number of halogens is 1. The summed E-state index contributed by atoms with van der Waals surface area (Å²) in [6.45, 7) is 0.606. The number of nitrogens with two attached hydrogens (primary N) is 1. The molecular formula is C24H30BrN5O5. The van der Waals surface area contributed by atoms with E-state index in [9.17, 15) is 19.2 Å². The summed E-state index contributed by atoms with van der Waals surface area (Å²) in [7, 11) is 1.55. The molecular weight excluding hydrogens is 518 g/mol. The first kappa shape index (κ1) is 25.0. The molecule has 0 radical (unpaired) electrons. The van der Waals surface area contributed by atoms with Crippen molar-refractivity contribution < 1.29 is 23.9 Å². The normalized spacial score (nSPS) is 19.5. The average Bonchev–Trinajstić information content (AvgIpc) is 3.54. The van der Waals surface area contributed by atoms with E-state index in [1.165, 1.54) is 0 Å². The Bertz CT molecular complexity index is 1140. The lowest BCUT2D eigenvalue weighted by Crippen LogP contribution is -2.54. The summed E-state index contributed by atoms with van der Waals surface area (Å²) in [5.41, 5.74) is 6.54. The monoisotopic (exact) mass is 547 g/mol. The zero-order valence-electron chi connectivity index (χ0n) is 19.5. The number of rotatable bonds is 10. The predicted octanol–water partition coefficient (Wildman–Crippen LogP) is 1.72. The number of nitrogens with one attached hydrogen (secondary N) is 4. The van der Waals surface area contributed by atoms with Crippen molar-refractivity contribution >= 4 is 50.5 Å². The van der Waals surface area contributed by atoms with E-state index in [4.69, 9.17) is 10.5 Å². The number of hydrogen-bond donors (Lipinski definition) is 5. The number of primary amides is 1. The van der Waals surface area contributed by atoms with Crippen LogP contribution in [0.25, 0.3) is 10.9 Å². The van der Waals surface area contributed by atoms with Gasteiger partial charge in [-0.3, -0.25) is 19.2 Å². The molecule has 1 saturated heterocycles. The van der Waals surface area contributed by atoms with Crippen LogP contribution in [0.3, 0.4) is 0 Å². The number of amides is 4. The predicted molar refractivity (Wildman–Crippen MR) is 133 cm³/mol. The number of ether oxygens (including phenoxy) is 1. The van der Waals surface area contributed by atoms with Crippen molar-refractivity contribution in [3.05, 3.63) is 28.4 Å². The van der Waals surface area contributed by atoms with Gasteiger partial charge in [-0.05, 0) is 49.8 Å². The summed E-state index contributed by atoms with van der Waals surface area (Å²) in [5, 5.41) is 9.01. The van der Waals surface area contributed by atoms with Gasteiger partial charge in [-0.2, -0.15) is 0 Å². The highest BCUT2D eigenvalue weighted by molar-refractivity contribution is 9.10. The number of carbonyl (C=O) groups excluding carboxylic acids is 4. The lowest BCUT2D eigenvalue weighted by Gasteiger charge is -2.27. The molecule has 0 bridgehead atoms. The Kier molecular flexibility index (Phi) is 7.63. The molecule has 10 nitrogen and oxygen atoms in total. The van der Waals surface area contributed by atoms with Crippen molar-refractivity contribution in [2.45, 2.75) is 50.6 Å². The topological polar surface area (TPSA) is 155 Å². The highest BCUT2D eigenvalue weighted by Crippen LogP contribution is 2.34. The number of aromatic nitrogens is 1. The first-order valence-electron chi connectivity index (χ1n) is 11.8. The Labute approximate surface area is 211 Å². The van der Waals surface area contributed by atoms with Gasteiger partial charge in [0.25, 0.3) is 5.91 Å². The molecule has 1 saturated carbocycles. The van der Waals surface area contributed by atoms with Crippen LogP contribution in [-0.4, -0.2) is 54.4 Å². The first-order valence-corrected chi connectivity index (χ1v) is 12.6. The zero-order chi connectivity index (χ0) is 25.1. The van der Waals surface area contributed by atoms with Crippen molar-refractivity contribution in [3.8, 4) is 5.75 Å². The largest absolute Gasteiger partial charge is 0.496 e. The van der Waals surface area contributed by atoms with Crippen LogP contribution >= 0.6 is 15.9 Å². The van der Waals surface area contributed by atoms with Crippen molar-refractivity contribution in [1.82, 2.24) is 20.9 Å². The Morgan fingerprint density at radius 2 is 1.91 bits per heavy atom. The summed E-state index contributed by atoms with van der Waals surface area (Å²) >= 11 is 3.42. The van der Waals surface area contributed by atoms with E-state index in [1.807, 2.05) is 6.07 Å². The molecule has 2 heterocycles. The van der Waals surface area contributed by atoms with Gasteiger partial charge in [0.1, 0.15) is 23.5 Å². The number of hydrogen-bond acceptors (Lipinski definition) is 5. The maximum Gasteiger partial charge on any atom is 0.268 e. The Morgan fingerprint density at radius 1 is 1.14 bits per heavy atom. The van der Waals surface area contributed by atoms with Gasteiger partial charge in [-0.1, -0.05) is 28.8 Å². The number of H-pyrrole nitrogens is 1. The highest BCUT2D eigenvalue weighted by Gasteiger charge is 2.34. The summed E-state index contributed by atoms with van der Waals surface area (Å²) in [6.07, 6.45) is 4.00. The second kappa shape index (κ2) is 10.7. The minimum Gasteiger partial charge on any atom is -0.496 e. The smallest absolute Gasteiger partial charge is 0.268 e. The van der Waals surface area contributed by atoms with E-state index >= 15 is 0 Å². The maximum atomic E-state index is 13.2. The van der Waals surface area contributed by atoms with Gasteiger partial charge in [-0.25, -0.2) is 0 Å². The summed E-state index contributed by atoms with van der Waals surface area (Å²) in [4.78, 5) is 53.5. The van der Waals surface area contributed by atoms with Gasteiger partial charge in [0, 0.05) is 22.3 Å². The summed E-state index contributed by atoms with van der Waals surface area (Å²) in [5.74, 6) is -1.22. The fraction of sp³-hybridized carbons (Fsp3) is 0.500. The van der Waals surface area contributed by atoms with Crippen molar-refractivity contribution in [2.75, 3.05) is 13.7 Å². The zero-order valence-corrected chi connectivity index (χ0v) is 21.1. The number of methoxy groups -OCH3 is 1. The standard InChI is InChI=1S/C24H30BrN5O5/c1-35-20-10-14(25)9-16-15(20)11-19(28-16)24(34)30-18(7-12-4-5-12)23(33)29-17(21(26)31)8-13-3-2-6-27-22(13)32/h9-13,17-18,28H,2-8H2,1H3,(H2,26,31)(H,27,32)(H,29,33)(H,30,34). The molecule has 2 fully saturated rings. The van der Waals surface area contributed by atoms with E-state index in [0.717, 1.165) is 29.1 Å². The van der Waals surface area contributed by atoms with Gasteiger partial charge in [0.05, 0.1) is 12.6 Å². The Hall–Kier alpha value is -3.08. The van der Waals surface area contributed by atoms with Crippen LogP contribution < -0.4 is 26.4 Å². The molecule has 6 N–H and O–H groups in total. The van der Waals surface area contributed by atoms with Crippen LogP contribution in [0.15, 0.2) is 22.7 Å². The fourth-order valence-electron chi connectivity index (χ4n) is 4.48. The molecule has 188 valence electrons. The van der Waals surface area contributed by atoms with E-state index in [2.05, 4.69) is 36.9 Å². The molecule has 1 aliphatic heterocycles. The number of benzene rings is 1. The molecule has 0 spiro atoms. The van der Waals surface area contributed by atoms with Crippen LogP contribution in [0.5, 0.6) is 5.75 Å². The SMILES string of the molecule is COc1cc(Br)cc2[nH]c(C(=O)NC(CC3CC3)C(=O)NC(CC3CCCNC3=O)C(N)=O)cc12.